The van der Waals surface area contributed by atoms with Crippen LogP contribution in [-0.2, 0) is 4.79 Å². The van der Waals surface area contributed by atoms with Crippen molar-refractivity contribution in [3.63, 3.8) is 0 Å². The van der Waals surface area contributed by atoms with E-state index in [1.54, 1.807) is 6.92 Å². The molecule has 0 aliphatic heterocycles. The zero-order valence-electron chi connectivity index (χ0n) is 12.8. The molecule has 2 atom stereocenters. The van der Waals surface area contributed by atoms with Crippen molar-refractivity contribution in [2.45, 2.75) is 57.5 Å². The van der Waals surface area contributed by atoms with Crippen LogP contribution in [0.15, 0.2) is 30.3 Å². The molecule has 118 valence electrons. The minimum absolute atomic E-state index is 0. The maximum atomic E-state index is 11.9. The van der Waals surface area contributed by atoms with Crippen molar-refractivity contribution in [2.24, 2.45) is 11.7 Å². The molecule has 1 amide bonds. The summed E-state index contributed by atoms with van der Waals surface area (Å²) in [6.07, 6.45) is 7.62. The molecule has 0 saturated heterocycles. The Labute approximate surface area is 134 Å². The minimum Gasteiger partial charge on any atom is -0.348 e. The van der Waals surface area contributed by atoms with Gasteiger partial charge in [-0.3, -0.25) is 4.79 Å². The molecule has 3 nitrogen and oxygen atoms in total. The highest BCUT2D eigenvalue weighted by atomic mass is 35.5. The number of nitrogens with one attached hydrogen (secondary N) is 1. The summed E-state index contributed by atoms with van der Waals surface area (Å²) in [4.78, 5) is 11.9. The Balaban J connectivity index is 0.00000220. The van der Waals surface area contributed by atoms with Gasteiger partial charge < -0.3 is 11.1 Å². The second kappa shape index (κ2) is 9.06. The van der Waals surface area contributed by atoms with Crippen LogP contribution in [0.1, 0.15) is 57.1 Å². The Bertz CT molecular complexity index is 416. The predicted molar refractivity (Wildman–Crippen MR) is 89.4 cm³/mol. The molecule has 0 heterocycles. The van der Waals surface area contributed by atoms with Crippen LogP contribution in [0.25, 0.3) is 0 Å². The van der Waals surface area contributed by atoms with E-state index in [1.807, 2.05) is 18.2 Å². The number of benzene rings is 1. The van der Waals surface area contributed by atoms with Gasteiger partial charge in [-0.25, -0.2) is 0 Å². The first-order valence-electron chi connectivity index (χ1n) is 7.77. The van der Waals surface area contributed by atoms with E-state index >= 15 is 0 Å². The second-order valence-electron chi connectivity index (χ2n) is 6.00. The number of hydrogen-bond acceptors (Lipinski definition) is 2. The van der Waals surface area contributed by atoms with Gasteiger partial charge in [0.1, 0.15) is 0 Å². The summed E-state index contributed by atoms with van der Waals surface area (Å²) in [6, 6.07) is 9.89. The fourth-order valence-electron chi connectivity index (χ4n) is 3.02. The average molecular weight is 311 g/mol. The van der Waals surface area contributed by atoms with Crippen LogP contribution < -0.4 is 11.1 Å². The molecule has 0 bridgehead atoms. The van der Waals surface area contributed by atoms with Gasteiger partial charge in [0.15, 0.2) is 0 Å². The van der Waals surface area contributed by atoms with Crippen LogP contribution in [0, 0.1) is 5.92 Å². The molecular weight excluding hydrogens is 284 g/mol. The monoisotopic (exact) mass is 310 g/mol. The molecule has 2 rings (SSSR count). The number of carbonyl (C=O) groups is 1. The summed E-state index contributed by atoms with van der Waals surface area (Å²) in [5, 5.41) is 3.12. The molecule has 4 heteroatoms. The van der Waals surface area contributed by atoms with E-state index in [-0.39, 0.29) is 24.4 Å². The topological polar surface area (TPSA) is 55.1 Å². The SMILES string of the molecule is C[C@H](N)C(=O)NC(CC1CCCCC1)c1ccccc1.Cl. The highest BCUT2D eigenvalue weighted by molar-refractivity contribution is 5.85. The number of carbonyl (C=O) groups excluding carboxylic acids is 1. The largest absolute Gasteiger partial charge is 0.348 e. The number of amides is 1. The van der Waals surface area contributed by atoms with Gasteiger partial charge in [-0.05, 0) is 24.8 Å². The van der Waals surface area contributed by atoms with E-state index in [4.69, 9.17) is 5.73 Å². The van der Waals surface area contributed by atoms with Gasteiger partial charge in [-0.2, -0.15) is 0 Å². The van der Waals surface area contributed by atoms with E-state index in [2.05, 4.69) is 17.4 Å². The fraction of sp³-hybridized carbons (Fsp3) is 0.588. The van der Waals surface area contributed by atoms with Crippen molar-refractivity contribution in [1.29, 1.82) is 0 Å². The van der Waals surface area contributed by atoms with Crippen molar-refractivity contribution in [3.8, 4) is 0 Å². The molecule has 0 radical (unpaired) electrons. The quantitative estimate of drug-likeness (QED) is 0.873. The molecular formula is C17H27ClN2O. The van der Waals surface area contributed by atoms with E-state index < -0.39 is 6.04 Å². The first kappa shape index (κ1) is 18.0. The van der Waals surface area contributed by atoms with Gasteiger partial charge >= 0.3 is 0 Å². The molecule has 1 aromatic rings. The van der Waals surface area contributed by atoms with Gasteiger partial charge in [-0.1, -0.05) is 62.4 Å². The second-order valence-corrected chi connectivity index (χ2v) is 6.00. The molecule has 1 aromatic carbocycles. The summed E-state index contributed by atoms with van der Waals surface area (Å²) in [7, 11) is 0. The summed E-state index contributed by atoms with van der Waals surface area (Å²) >= 11 is 0. The van der Waals surface area contributed by atoms with Gasteiger partial charge in [-0.15, -0.1) is 12.4 Å². The summed E-state index contributed by atoms with van der Waals surface area (Å²) in [5.74, 6) is 0.664. The Kier molecular flexibility index (Phi) is 7.76. The molecule has 3 N–H and O–H groups in total. The van der Waals surface area contributed by atoms with Crippen molar-refractivity contribution in [1.82, 2.24) is 5.32 Å². The van der Waals surface area contributed by atoms with Crippen LogP contribution in [0.3, 0.4) is 0 Å². The third-order valence-corrected chi connectivity index (χ3v) is 4.23. The highest BCUT2D eigenvalue weighted by Gasteiger charge is 2.22. The molecule has 1 saturated carbocycles. The first-order chi connectivity index (χ1) is 9.66. The van der Waals surface area contributed by atoms with Gasteiger partial charge in [0.2, 0.25) is 5.91 Å². The number of nitrogens with two attached hydrogens (primary N) is 1. The van der Waals surface area contributed by atoms with Gasteiger partial charge in [0, 0.05) is 0 Å². The molecule has 0 spiro atoms. The summed E-state index contributed by atoms with van der Waals surface area (Å²) < 4.78 is 0. The standard InChI is InChI=1S/C17H26N2O.ClH/c1-13(18)17(20)19-16(15-10-6-3-7-11-15)12-14-8-4-2-5-9-14;/h3,6-7,10-11,13-14,16H,2,4-5,8-9,12,18H2,1H3,(H,19,20);1H/t13-,16?;/m0./s1. The molecule has 1 fully saturated rings. The van der Waals surface area contributed by atoms with Crippen LogP contribution in [0.2, 0.25) is 0 Å². The van der Waals surface area contributed by atoms with Crippen LogP contribution in [0.5, 0.6) is 0 Å². The van der Waals surface area contributed by atoms with E-state index in [0.717, 1.165) is 12.3 Å². The van der Waals surface area contributed by atoms with Crippen LogP contribution in [-0.4, -0.2) is 11.9 Å². The van der Waals surface area contributed by atoms with Gasteiger partial charge in [0.05, 0.1) is 12.1 Å². The maximum Gasteiger partial charge on any atom is 0.237 e. The minimum atomic E-state index is -0.451. The van der Waals surface area contributed by atoms with E-state index in [9.17, 15) is 4.79 Å². The first-order valence-corrected chi connectivity index (χ1v) is 7.77. The lowest BCUT2D eigenvalue weighted by atomic mass is 9.83. The Morgan fingerprint density at radius 3 is 2.43 bits per heavy atom. The Morgan fingerprint density at radius 2 is 1.86 bits per heavy atom. The van der Waals surface area contributed by atoms with Crippen molar-refractivity contribution in [2.75, 3.05) is 0 Å². The number of halogens is 1. The van der Waals surface area contributed by atoms with Gasteiger partial charge in [0.25, 0.3) is 0 Å². The molecule has 1 aliphatic rings. The third-order valence-electron chi connectivity index (χ3n) is 4.23. The maximum absolute atomic E-state index is 11.9. The van der Waals surface area contributed by atoms with Crippen molar-refractivity contribution in [3.05, 3.63) is 35.9 Å². The Hall–Kier alpha value is -1.06. The number of hydrogen-bond donors (Lipinski definition) is 2. The predicted octanol–water partition coefficient (Wildman–Crippen LogP) is 3.58. The van der Waals surface area contributed by atoms with Crippen LogP contribution >= 0.6 is 12.4 Å². The Morgan fingerprint density at radius 1 is 1.24 bits per heavy atom. The zero-order chi connectivity index (χ0) is 14.4. The molecule has 1 aliphatic carbocycles. The van der Waals surface area contributed by atoms with Crippen molar-refractivity contribution >= 4 is 18.3 Å². The summed E-state index contributed by atoms with van der Waals surface area (Å²) in [5.41, 5.74) is 6.87. The smallest absolute Gasteiger partial charge is 0.237 e. The fourth-order valence-corrected chi connectivity index (χ4v) is 3.02. The lowest BCUT2D eigenvalue weighted by Crippen LogP contribution is -2.40. The zero-order valence-corrected chi connectivity index (χ0v) is 13.6. The van der Waals surface area contributed by atoms with E-state index in [0.29, 0.717) is 0 Å². The summed E-state index contributed by atoms with van der Waals surface area (Å²) in [6.45, 7) is 1.73. The lowest BCUT2D eigenvalue weighted by Gasteiger charge is -2.28. The molecule has 21 heavy (non-hydrogen) atoms. The normalized spacial score (nSPS) is 18.4. The van der Waals surface area contributed by atoms with E-state index in [1.165, 1.54) is 37.7 Å². The van der Waals surface area contributed by atoms with Crippen molar-refractivity contribution < 1.29 is 4.79 Å². The molecule has 1 unspecified atom stereocenters. The average Bonchev–Trinajstić information content (AvgIpc) is 2.48. The third kappa shape index (κ3) is 5.68. The number of rotatable bonds is 5. The molecule has 0 aromatic heterocycles. The lowest BCUT2D eigenvalue weighted by molar-refractivity contribution is -0.122. The van der Waals surface area contributed by atoms with Crippen LogP contribution in [0.4, 0.5) is 0 Å². The highest BCUT2D eigenvalue weighted by Crippen LogP contribution is 2.31.